The van der Waals surface area contributed by atoms with Crippen LogP contribution in [0.25, 0.3) is 0 Å². The van der Waals surface area contributed by atoms with Crippen LogP contribution in [0.3, 0.4) is 0 Å². The zero-order valence-corrected chi connectivity index (χ0v) is 15.5. The first kappa shape index (κ1) is 17.2. The minimum Gasteiger partial charge on any atom is -0.351 e. The van der Waals surface area contributed by atoms with Gasteiger partial charge in [0.2, 0.25) is 9.84 Å². The van der Waals surface area contributed by atoms with Gasteiger partial charge in [-0.3, -0.25) is 4.79 Å². The Morgan fingerprint density at radius 1 is 1.31 bits per heavy atom. The SMILES string of the molecule is O=C(NCCc1cccs1)C1=C2CCCN2c2ccc(F)cc2S1(=O)=O. The molecule has 0 aliphatic carbocycles. The van der Waals surface area contributed by atoms with E-state index in [0.29, 0.717) is 37.3 Å². The van der Waals surface area contributed by atoms with Gasteiger partial charge in [0, 0.05) is 23.7 Å². The van der Waals surface area contributed by atoms with Crippen LogP contribution in [0, 0.1) is 5.82 Å². The number of rotatable bonds is 4. The summed E-state index contributed by atoms with van der Waals surface area (Å²) in [6, 6.07) is 7.61. The molecule has 1 saturated heterocycles. The number of thiophene rings is 1. The average Bonchev–Trinajstić information content (AvgIpc) is 3.26. The number of hydrogen-bond donors (Lipinski definition) is 1. The summed E-state index contributed by atoms with van der Waals surface area (Å²) in [6.07, 6.45) is 1.92. The van der Waals surface area contributed by atoms with Gasteiger partial charge in [0.05, 0.1) is 10.6 Å². The number of sulfone groups is 1. The first-order valence-corrected chi connectivity index (χ1v) is 10.7. The van der Waals surface area contributed by atoms with E-state index in [1.807, 2.05) is 22.4 Å². The van der Waals surface area contributed by atoms with E-state index < -0.39 is 21.6 Å². The molecule has 4 rings (SSSR count). The molecule has 3 heterocycles. The van der Waals surface area contributed by atoms with Crippen LogP contribution in [0.1, 0.15) is 17.7 Å². The fourth-order valence-corrected chi connectivity index (χ4v) is 5.94. The van der Waals surface area contributed by atoms with E-state index in [1.165, 1.54) is 12.1 Å². The van der Waals surface area contributed by atoms with Crippen molar-refractivity contribution >= 4 is 32.8 Å². The van der Waals surface area contributed by atoms with Crippen LogP contribution in [0.2, 0.25) is 0 Å². The number of halogens is 1. The van der Waals surface area contributed by atoms with Gasteiger partial charge in [-0.2, -0.15) is 0 Å². The minimum atomic E-state index is -4.05. The number of anilines is 1. The first-order chi connectivity index (χ1) is 12.5. The minimum absolute atomic E-state index is 0.133. The standard InChI is InChI=1S/C18H17FN2O3S2/c19-12-5-6-14-16(11-12)26(23,24)17(15-4-1-9-21(14)15)18(22)20-8-7-13-3-2-10-25-13/h2-3,5-6,10-11H,1,4,7-9H2,(H,20,22). The summed E-state index contributed by atoms with van der Waals surface area (Å²) in [7, 11) is -4.05. The fraction of sp³-hybridized carbons (Fsp3) is 0.278. The van der Waals surface area contributed by atoms with Gasteiger partial charge >= 0.3 is 0 Å². The highest BCUT2D eigenvalue weighted by Gasteiger charge is 2.41. The van der Waals surface area contributed by atoms with E-state index in [4.69, 9.17) is 0 Å². The molecule has 26 heavy (non-hydrogen) atoms. The van der Waals surface area contributed by atoms with Gasteiger partial charge < -0.3 is 10.2 Å². The van der Waals surface area contributed by atoms with Crippen LogP contribution >= 0.6 is 11.3 Å². The summed E-state index contributed by atoms with van der Waals surface area (Å²) in [5.41, 5.74) is 0.965. The Kier molecular flexibility index (Phi) is 4.32. The third-order valence-electron chi connectivity index (χ3n) is 4.60. The second kappa shape index (κ2) is 6.51. The highest BCUT2D eigenvalue weighted by atomic mass is 32.2. The van der Waals surface area contributed by atoms with Crippen molar-refractivity contribution in [3.8, 4) is 0 Å². The number of nitrogens with zero attached hydrogens (tertiary/aromatic N) is 1. The zero-order chi connectivity index (χ0) is 18.3. The predicted octanol–water partition coefficient (Wildman–Crippen LogP) is 2.85. The maximum absolute atomic E-state index is 13.7. The Bertz CT molecular complexity index is 997. The number of nitrogens with one attached hydrogen (secondary N) is 1. The van der Waals surface area contributed by atoms with E-state index in [9.17, 15) is 17.6 Å². The molecule has 0 saturated carbocycles. The van der Waals surface area contributed by atoms with Crippen molar-refractivity contribution in [1.82, 2.24) is 5.32 Å². The molecular weight excluding hydrogens is 375 g/mol. The van der Waals surface area contributed by atoms with Gasteiger partial charge in [-0.05, 0) is 48.9 Å². The van der Waals surface area contributed by atoms with E-state index in [1.54, 1.807) is 11.3 Å². The van der Waals surface area contributed by atoms with Gasteiger partial charge in [-0.1, -0.05) is 6.07 Å². The maximum Gasteiger partial charge on any atom is 0.265 e. The van der Waals surface area contributed by atoms with Crippen molar-refractivity contribution in [2.24, 2.45) is 0 Å². The van der Waals surface area contributed by atoms with Crippen LogP contribution in [0.5, 0.6) is 0 Å². The van der Waals surface area contributed by atoms with Crippen LogP contribution in [0.15, 0.2) is 51.2 Å². The Morgan fingerprint density at radius 2 is 2.15 bits per heavy atom. The maximum atomic E-state index is 13.7. The molecule has 8 heteroatoms. The molecule has 2 aliphatic rings. The normalized spacial score (nSPS) is 17.8. The smallest absolute Gasteiger partial charge is 0.265 e. The summed E-state index contributed by atoms with van der Waals surface area (Å²) in [6.45, 7) is 0.969. The van der Waals surface area contributed by atoms with Crippen LogP contribution in [-0.4, -0.2) is 27.4 Å². The third kappa shape index (κ3) is 2.83. The number of fused-ring (bicyclic) bond motifs is 3. The van der Waals surface area contributed by atoms with Crippen LogP contribution in [-0.2, 0) is 21.1 Å². The molecule has 2 aromatic rings. The molecule has 136 valence electrons. The van der Waals surface area contributed by atoms with E-state index in [2.05, 4.69) is 5.32 Å². The Balaban J connectivity index is 1.66. The highest BCUT2D eigenvalue weighted by Crippen LogP contribution is 2.43. The second-order valence-electron chi connectivity index (χ2n) is 6.23. The number of allylic oxidation sites excluding steroid dienone is 1. The molecule has 0 radical (unpaired) electrons. The van der Waals surface area contributed by atoms with Crippen molar-refractivity contribution in [2.45, 2.75) is 24.2 Å². The molecule has 0 bridgehead atoms. The molecule has 5 nitrogen and oxygen atoms in total. The molecule has 0 atom stereocenters. The molecule has 2 aliphatic heterocycles. The van der Waals surface area contributed by atoms with Crippen molar-refractivity contribution < 1.29 is 17.6 Å². The summed E-state index contributed by atoms with van der Waals surface area (Å²) >= 11 is 1.59. The molecule has 1 amide bonds. The zero-order valence-electron chi connectivity index (χ0n) is 13.9. The Labute approximate surface area is 155 Å². The average molecular weight is 392 g/mol. The lowest BCUT2D eigenvalue weighted by Crippen LogP contribution is -2.36. The van der Waals surface area contributed by atoms with Crippen molar-refractivity contribution in [2.75, 3.05) is 18.0 Å². The van der Waals surface area contributed by atoms with Crippen LogP contribution in [0.4, 0.5) is 10.1 Å². The lowest BCUT2D eigenvalue weighted by atomic mass is 10.2. The van der Waals surface area contributed by atoms with Crippen molar-refractivity contribution in [3.63, 3.8) is 0 Å². The number of amides is 1. The van der Waals surface area contributed by atoms with E-state index >= 15 is 0 Å². The van der Waals surface area contributed by atoms with Gasteiger partial charge in [0.25, 0.3) is 5.91 Å². The lowest BCUT2D eigenvalue weighted by molar-refractivity contribution is -0.116. The van der Waals surface area contributed by atoms with Gasteiger partial charge in [0.1, 0.15) is 5.82 Å². The topological polar surface area (TPSA) is 66.5 Å². The van der Waals surface area contributed by atoms with Crippen molar-refractivity contribution in [3.05, 3.63) is 57.0 Å². The Hall–Kier alpha value is -2.19. The molecule has 0 unspecified atom stereocenters. The first-order valence-electron chi connectivity index (χ1n) is 8.34. The third-order valence-corrected chi connectivity index (χ3v) is 7.40. The van der Waals surface area contributed by atoms with E-state index in [-0.39, 0.29) is 9.80 Å². The Morgan fingerprint density at radius 3 is 2.92 bits per heavy atom. The highest BCUT2D eigenvalue weighted by molar-refractivity contribution is 7.96. The monoisotopic (exact) mass is 392 g/mol. The quantitative estimate of drug-likeness (QED) is 0.869. The number of carbonyl (C=O) groups is 1. The van der Waals surface area contributed by atoms with E-state index in [0.717, 1.165) is 17.4 Å². The van der Waals surface area contributed by atoms with Gasteiger partial charge in [-0.25, -0.2) is 12.8 Å². The molecule has 1 aromatic heterocycles. The molecule has 1 aromatic carbocycles. The molecule has 0 spiro atoms. The predicted molar refractivity (Wildman–Crippen MR) is 98.2 cm³/mol. The molecule has 1 fully saturated rings. The summed E-state index contributed by atoms with van der Waals surface area (Å²) in [4.78, 5) is 15.3. The van der Waals surface area contributed by atoms with Gasteiger partial charge in [0.15, 0.2) is 4.91 Å². The second-order valence-corrected chi connectivity index (χ2v) is 9.12. The summed E-state index contributed by atoms with van der Waals surface area (Å²) in [5, 5.41) is 4.67. The number of carbonyl (C=O) groups excluding carboxylic acids is 1. The molecule has 1 N–H and O–H groups in total. The van der Waals surface area contributed by atoms with Crippen LogP contribution < -0.4 is 10.2 Å². The largest absolute Gasteiger partial charge is 0.351 e. The molecular formula is C18H17FN2O3S2. The summed E-state index contributed by atoms with van der Waals surface area (Å²) < 4.78 is 39.7. The fourth-order valence-electron chi connectivity index (χ4n) is 3.46. The lowest BCUT2D eigenvalue weighted by Gasteiger charge is -2.30. The summed E-state index contributed by atoms with van der Waals surface area (Å²) in [5.74, 6) is -1.24. The van der Waals surface area contributed by atoms with Crippen molar-refractivity contribution in [1.29, 1.82) is 0 Å². The number of benzene rings is 1. The number of hydrogen-bond acceptors (Lipinski definition) is 5. The van der Waals surface area contributed by atoms with Gasteiger partial charge in [-0.15, -0.1) is 11.3 Å².